The largest absolute Gasteiger partial charge is 0.197 e. The molecule has 0 spiro atoms. The molecule has 1 fully saturated rings. The first-order valence-electron chi connectivity index (χ1n) is 6.32. The van der Waals surface area contributed by atoms with Gasteiger partial charge in [0, 0.05) is 0 Å². The predicted octanol–water partition coefficient (Wildman–Crippen LogP) is 3.97. The van der Waals surface area contributed by atoms with Crippen LogP contribution in [-0.4, -0.2) is 0 Å². The fourth-order valence-corrected chi connectivity index (χ4v) is 2.89. The van der Waals surface area contributed by atoms with Gasteiger partial charge in [-0.05, 0) is 30.4 Å². The van der Waals surface area contributed by atoms with Crippen molar-refractivity contribution in [3.63, 3.8) is 0 Å². The number of benzene rings is 1. The summed E-state index contributed by atoms with van der Waals surface area (Å²) in [5.41, 5.74) is 2.45. The Hall–Kier alpha value is -1.29. The summed E-state index contributed by atoms with van der Waals surface area (Å²) in [7, 11) is 0. The first kappa shape index (κ1) is 11.2. The molecule has 1 aromatic rings. The number of nitrogens with zero attached hydrogens (tertiary/aromatic N) is 1. The van der Waals surface area contributed by atoms with Crippen molar-refractivity contribution in [3.8, 4) is 6.07 Å². The van der Waals surface area contributed by atoms with Crippen LogP contribution in [0.4, 0.5) is 0 Å². The average molecular weight is 213 g/mol. The molecular weight excluding hydrogens is 194 g/mol. The Morgan fingerprint density at radius 2 is 1.88 bits per heavy atom. The van der Waals surface area contributed by atoms with Crippen molar-refractivity contribution in [2.24, 2.45) is 0 Å². The first-order valence-corrected chi connectivity index (χ1v) is 6.32. The van der Waals surface area contributed by atoms with Crippen LogP contribution in [0.5, 0.6) is 0 Å². The molecule has 84 valence electrons. The van der Waals surface area contributed by atoms with Gasteiger partial charge in [-0.1, -0.05) is 50.5 Å². The van der Waals surface area contributed by atoms with Gasteiger partial charge in [0.15, 0.2) is 0 Å². The standard InChI is InChI=1S/C15H19N/c1-2-13-8-4-5-9-14(13)15(12-16)10-6-3-7-11-15/h4-5,8-9H,2-3,6-7,10-11H2,1H3. The van der Waals surface area contributed by atoms with E-state index in [0.29, 0.717) is 0 Å². The SMILES string of the molecule is CCc1ccccc1C1(C#N)CCCCC1. The lowest BCUT2D eigenvalue weighted by Crippen LogP contribution is -2.28. The number of nitriles is 1. The molecule has 0 atom stereocenters. The molecule has 2 rings (SSSR count). The van der Waals surface area contributed by atoms with Crippen molar-refractivity contribution in [3.05, 3.63) is 35.4 Å². The molecule has 0 amide bonds. The molecular formula is C15H19N. The molecule has 1 aromatic carbocycles. The zero-order chi connectivity index (χ0) is 11.4. The van der Waals surface area contributed by atoms with Gasteiger partial charge in [0.2, 0.25) is 0 Å². The Labute approximate surface area is 98.1 Å². The minimum atomic E-state index is -0.190. The highest BCUT2D eigenvalue weighted by Gasteiger charge is 2.35. The van der Waals surface area contributed by atoms with E-state index in [0.717, 1.165) is 19.3 Å². The summed E-state index contributed by atoms with van der Waals surface area (Å²) in [6.07, 6.45) is 6.80. The van der Waals surface area contributed by atoms with Crippen LogP contribution in [0.15, 0.2) is 24.3 Å². The summed E-state index contributed by atoms with van der Waals surface area (Å²) in [6.45, 7) is 2.17. The second kappa shape index (κ2) is 4.70. The number of hydrogen-bond acceptors (Lipinski definition) is 1. The van der Waals surface area contributed by atoms with Crippen molar-refractivity contribution in [1.82, 2.24) is 0 Å². The van der Waals surface area contributed by atoms with E-state index in [4.69, 9.17) is 0 Å². The fourth-order valence-electron chi connectivity index (χ4n) is 2.89. The van der Waals surface area contributed by atoms with Crippen LogP contribution in [-0.2, 0) is 11.8 Å². The normalized spacial score (nSPS) is 19.0. The van der Waals surface area contributed by atoms with Crippen LogP contribution >= 0.6 is 0 Å². The molecule has 0 aliphatic heterocycles. The quantitative estimate of drug-likeness (QED) is 0.729. The molecule has 1 nitrogen and oxygen atoms in total. The zero-order valence-corrected chi connectivity index (χ0v) is 10.00. The lowest BCUT2D eigenvalue weighted by Gasteiger charge is -2.32. The van der Waals surface area contributed by atoms with Crippen molar-refractivity contribution in [1.29, 1.82) is 5.26 Å². The summed E-state index contributed by atoms with van der Waals surface area (Å²) >= 11 is 0. The molecule has 1 aliphatic carbocycles. The highest BCUT2D eigenvalue weighted by atomic mass is 14.4. The Morgan fingerprint density at radius 3 is 2.50 bits per heavy atom. The lowest BCUT2D eigenvalue weighted by atomic mass is 9.69. The topological polar surface area (TPSA) is 23.8 Å². The first-order chi connectivity index (χ1) is 7.82. The van der Waals surface area contributed by atoms with Gasteiger partial charge >= 0.3 is 0 Å². The molecule has 1 saturated carbocycles. The van der Waals surface area contributed by atoms with E-state index in [1.807, 2.05) is 0 Å². The molecule has 0 bridgehead atoms. The molecule has 1 aliphatic rings. The van der Waals surface area contributed by atoms with Crippen LogP contribution in [0.2, 0.25) is 0 Å². The maximum atomic E-state index is 9.56. The van der Waals surface area contributed by atoms with E-state index in [2.05, 4.69) is 37.3 Å². The van der Waals surface area contributed by atoms with Gasteiger partial charge in [0.05, 0.1) is 11.5 Å². The highest BCUT2D eigenvalue weighted by molar-refractivity contribution is 5.39. The van der Waals surface area contributed by atoms with Crippen molar-refractivity contribution in [2.45, 2.75) is 50.9 Å². The van der Waals surface area contributed by atoms with Crippen molar-refractivity contribution < 1.29 is 0 Å². The Morgan fingerprint density at radius 1 is 1.19 bits per heavy atom. The van der Waals surface area contributed by atoms with Crippen LogP contribution < -0.4 is 0 Å². The highest BCUT2D eigenvalue weighted by Crippen LogP contribution is 2.40. The van der Waals surface area contributed by atoms with Gasteiger partial charge in [0.25, 0.3) is 0 Å². The molecule has 16 heavy (non-hydrogen) atoms. The second-order valence-corrected chi connectivity index (χ2v) is 4.77. The van der Waals surface area contributed by atoms with Crippen molar-refractivity contribution in [2.75, 3.05) is 0 Å². The summed E-state index contributed by atoms with van der Waals surface area (Å²) in [5.74, 6) is 0. The van der Waals surface area contributed by atoms with Gasteiger partial charge in [-0.3, -0.25) is 0 Å². The van der Waals surface area contributed by atoms with Crippen molar-refractivity contribution >= 4 is 0 Å². The molecule has 0 unspecified atom stereocenters. The maximum absolute atomic E-state index is 9.56. The third-order valence-electron chi connectivity index (χ3n) is 3.83. The maximum Gasteiger partial charge on any atom is 0.0825 e. The molecule has 0 heterocycles. The molecule has 0 N–H and O–H groups in total. The van der Waals surface area contributed by atoms with Crippen LogP contribution in [0, 0.1) is 11.3 Å². The monoisotopic (exact) mass is 213 g/mol. The zero-order valence-electron chi connectivity index (χ0n) is 10.00. The summed E-state index contributed by atoms with van der Waals surface area (Å²) in [6, 6.07) is 11.1. The van der Waals surface area contributed by atoms with Gasteiger partial charge in [-0.15, -0.1) is 0 Å². The minimum Gasteiger partial charge on any atom is -0.197 e. The van der Waals surface area contributed by atoms with Gasteiger partial charge in [0.1, 0.15) is 0 Å². The van der Waals surface area contributed by atoms with Crippen LogP contribution in [0.3, 0.4) is 0 Å². The number of rotatable bonds is 2. The van der Waals surface area contributed by atoms with E-state index < -0.39 is 0 Å². The third kappa shape index (κ3) is 1.85. The Bertz CT molecular complexity index is 394. The van der Waals surface area contributed by atoms with Crippen LogP contribution in [0.1, 0.15) is 50.2 Å². The predicted molar refractivity (Wildman–Crippen MR) is 66.2 cm³/mol. The van der Waals surface area contributed by atoms with Gasteiger partial charge in [-0.25, -0.2) is 0 Å². The molecule has 0 saturated heterocycles. The molecule has 0 radical (unpaired) electrons. The second-order valence-electron chi connectivity index (χ2n) is 4.77. The van der Waals surface area contributed by atoms with Gasteiger partial charge < -0.3 is 0 Å². The third-order valence-corrected chi connectivity index (χ3v) is 3.83. The summed E-state index contributed by atoms with van der Waals surface area (Å²) in [5, 5.41) is 9.56. The Kier molecular flexibility index (Phi) is 3.29. The van der Waals surface area contributed by atoms with E-state index in [1.54, 1.807) is 0 Å². The van der Waals surface area contributed by atoms with Gasteiger partial charge in [-0.2, -0.15) is 5.26 Å². The van der Waals surface area contributed by atoms with E-state index in [9.17, 15) is 5.26 Å². The van der Waals surface area contributed by atoms with Crippen LogP contribution in [0.25, 0.3) is 0 Å². The number of hydrogen-bond donors (Lipinski definition) is 0. The van der Waals surface area contributed by atoms with E-state index >= 15 is 0 Å². The summed E-state index contributed by atoms with van der Waals surface area (Å²) < 4.78 is 0. The average Bonchev–Trinajstić information content (AvgIpc) is 2.39. The smallest absolute Gasteiger partial charge is 0.0825 e. The summed E-state index contributed by atoms with van der Waals surface area (Å²) in [4.78, 5) is 0. The van der Waals surface area contributed by atoms with E-state index in [1.165, 1.54) is 30.4 Å². The van der Waals surface area contributed by atoms with E-state index in [-0.39, 0.29) is 5.41 Å². The Balaban J connectivity index is 2.43. The number of aryl methyl sites for hydroxylation is 1. The lowest BCUT2D eigenvalue weighted by molar-refractivity contribution is 0.364. The molecule has 0 aromatic heterocycles. The molecule has 1 heteroatoms. The fraction of sp³-hybridized carbons (Fsp3) is 0.533. The minimum absolute atomic E-state index is 0.190.